The molecule has 0 radical (unpaired) electrons. The molecule has 1 atom stereocenters. The third kappa shape index (κ3) is 2.85. The topological polar surface area (TPSA) is 113 Å². The Morgan fingerprint density at radius 3 is 2.73 bits per heavy atom. The number of aromatic amines is 1. The zero-order valence-corrected chi connectivity index (χ0v) is 14.3. The number of pyridine rings is 1. The number of aliphatic hydroxyl groups excluding tert-OH is 1. The number of nitrogens with one attached hydrogen (secondary N) is 1. The average Bonchev–Trinajstić information content (AvgIpc) is 3.29. The maximum absolute atomic E-state index is 10.2. The van der Waals surface area contributed by atoms with E-state index in [1.807, 2.05) is 24.3 Å². The summed E-state index contributed by atoms with van der Waals surface area (Å²) in [6, 6.07) is 9.49. The van der Waals surface area contributed by atoms with Crippen molar-refractivity contribution in [2.75, 3.05) is 0 Å². The van der Waals surface area contributed by atoms with E-state index in [0.29, 0.717) is 17.0 Å². The molecule has 3 aromatic heterocycles. The molecule has 0 aliphatic rings. The summed E-state index contributed by atoms with van der Waals surface area (Å²) in [6.07, 6.45) is 3.67. The molecule has 0 amide bonds. The molecular weight excluding hydrogens is 332 g/mol. The molecule has 0 bridgehead atoms. The number of aliphatic hydroxyl groups is 2. The summed E-state index contributed by atoms with van der Waals surface area (Å²) in [5.41, 5.74) is 1.66. The van der Waals surface area contributed by atoms with Crippen molar-refractivity contribution in [2.24, 2.45) is 0 Å². The number of hydrogen-bond acceptors (Lipinski definition) is 6. The fraction of sp³-hybridized carbons (Fsp3) is 0.222. The van der Waals surface area contributed by atoms with E-state index in [0.717, 1.165) is 16.6 Å². The lowest BCUT2D eigenvalue weighted by Gasteiger charge is -2.24. The number of nitrogens with zero attached hydrogens (tertiary/aromatic N) is 5. The summed E-state index contributed by atoms with van der Waals surface area (Å²) >= 11 is 0. The summed E-state index contributed by atoms with van der Waals surface area (Å²) in [6.45, 7) is 3.11. The molecule has 8 heteroatoms. The highest BCUT2D eigenvalue weighted by molar-refractivity contribution is 5.77. The molecule has 0 aliphatic carbocycles. The molecule has 8 nitrogen and oxygen atoms in total. The second-order valence-electron chi connectivity index (χ2n) is 6.68. The van der Waals surface area contributed by atoms with E-state index in [-0.39, 0.29) is 0 Å². The minimum Gasteiger partial charge on any atom is -0.387 e. The van der Waals surface area contributed by atoms with Crippen LogP contribution in [-0.2, 0) is 0 Å². The standard InChI is InChI=1S/C18H18N6O2/c1-18(2,26)15(25)12-6-13-9-22-24(17(13)19-8-12)14-5-3-4-11(7-14)16-20-10-21-23-16/h3-10,15,25-26H,1-2H3,(H,20,21,23)/t15-/m0/s1. The van der Waals surface area contributed by atoms with Crippen LogP contribution in [0.4, 0.5) is 0 Å². The van der Waals surface area contributed by atoms with Crippen molar-refractivity contribution in [3.05, 3.63) is 54.6 Å². The van der Waals surface area contributed by atoms with E-state index in [9.17, 15) is 10.2 Å². The van der Waals surface area contributed by atoms with E-state index < -0.39 is 11.7 Å². The van der Waals surface area contributed by atoms with Gasteiger partial charge in [0.25, 0.3) is 0 Å². The van der Waals surface area contributed by atoms with Crippen LogP contribution >= 0.6 is 0 Å². The number of H-pyrrole nitrogens is 1. The van der Waals surface area contributed by atoms with E-state index in [2.05, 4.69) is 25.3 Å². The summed E-state index contributed by atoms with van der Waals surface area (Å²) in [5.74, 6) is 0.673. The predicted octanol–water partition coefficient (Wildman–Crippen LogP) is 2.01. The van der Waals surface area contributed by atoms with Crippen molar-refractivity contribution in [1.29, 1.82) is 0 Å². The molecule has 0 saturated heterocycles. The van der Waals surface area contributed by atoms with Crippen LogP contribution in [0.3, 0.4) is 0 Å². The van der Waals surface area contributed by atoms with Gasteiger partial charge in [-0.3, -0.25) is 5.10 Å². The first-order chi connectivity index (χ1) is 12.4. The van der Waals surface area contributed by atoms with Gasteiger partial charge in [0.1, 0.15) is 12.4 Å². The van der Waals surface area contributed by atoms with Crippen LogP contribution in [0, 0.1) is 0 Å². The van der Waals surface area contributed by atoms with Crippen LogP contribution in [0.2, 0.25) is 0 Å². The molecule has 26 heavy (non-hydrogen) atoms. The summed E-state index contributed by atoms with van der Waals surface area (Å²) in [7, 11) is 0. The van der Waals surface area contributed by atoms with Crippen molar-refractivity contribution in [1.82, 2.24) is 29.9 Å². The summed E-state index contributed by atoms with van der Waals surface area (Å²) < 4.78 is 1.72. The predicted molar refractivity (Wildman–Crippen MR) is 95.5 cm³/mol. The molecular formula is C18H18N6O2. The third-order valence-corrected chi connectivity index (χ3v) is 4.19. The molecule has 0 spiro atoms. The van der Waals surface area contributed by atoms with E-state index >= 15 is 0 Å². The van der Waals surface area contributed by atoms with Gasteiger partial charge in [0, 0.05) is 22.7 Å². The Balaban J connectivity index is 1.76. The van der Waals surface area contributed by atoms with Crippen molar-refractivity contribution >= 4 is 11.0 Å². The zero-order valence-electron chi connectivity index (χ0n) is 14.3. The molecule has 3 heterocycles. The molecule has 0 aliphatic heterocycles. The monoisotopic (exact) mass is 350 g/mol. The molecule has 0 fully saturated rings. The smallest absolute Gasteiger partial charge is 0.162 e. The minimum atomic E-state index is -1.25. The van der Waals surface area contributed by atoms with Crippen molar-refractivity contribution < 1.29 is 10.2 Å². The van der Waals surface area contributed by atoms with Crippen molar-refractivity contribution in [3.63, 3.8) is 0 Å². The third-order valence-electron chi connectivity index (χ3n) is 4.19. The van der Waals surface area contributed by atoms with Crippen LogP contribution in [-0.4, -0.2) is 45.8 Å². The first-order valence-electron chi connectivity index (χ1n) is 8.14. The Morgan fingerprint density at radius 1 is 1.15 bits per heavy atom. The van der Waals surface area contributed by atoms with Gasteiger partial charge in [0.15, 0.2) is 11.5 Å². The van der Waals surface area contributed by atoms with Gasteiger partial charge in [-0.05, 0) is 32.0 Å². The SMILES string of the molecule is CC(C)(O)[C@@H](O)c1cnc2c(cnn2-c2cccc(-c3ncn[nH]3)c2)c1. The Labute approximate surface area is 149 Å². The van der Waals surface area contributed by atoms with Crippen LogP contribution in [0.5, 0.6) is 0 Å². The fourth-order valence-corrected chi connectivity index (χ4v) is 2.81. The fourth-order valence-electron chi connectivity index (χ4n) is 2.81. The van der Waals surface area contributed by atoms with Crippen molar-refractivity contribution in [3.8, 4) is 17.1 Å². The molecule has 4 aromatic rings. The molecule has 0 unspecified atom stereocenters. The molecule has 3 N–H and O–H groups in total. The first-order valence-corrected chi connectivity index (χ1v) is 8.14. The van der Waals surface area contributed by atoms with Gasteiger partial charge in [-0.25, -0.2) is 14.6 Å². The molecule has 0 saturated carbocycles. The minimum absolute atomic E-state index is 0.542. The molecule has 4 rings (SSSR count). The summed E-state index contributed by atoms with van der Waals surface area (Å²) in [5, 5.41) is 32.2. The number of hydrogen-bond donors (Lipinski definition) is 3. The van der Waals surface area contributed by atoms with Crippen LogP contribution < -0.4 is 0 Å². The Kier molecular flexibility index (Phi) is 3.78. The van der Waals surface area contributed by atoms with Crippen LogP contribution in [0.1, 0.15) is 25.5 Å². The van der Waals surface area contributed by atoms with E-state index in [1.54, 1.807) is 37.0 Å². The van der Waals surface area contributed by atoms with E-state index in [1.165, 1.54) is 6.33 Å². The highest BCUT2D eigenvalue weighted by Crippen LogP contribution is 2.28. The first kappa shape index (κ1) is 16.4. The number of benzene rings is 1. The van der Waals surface area contributed by atoms with Gasteiger partial charge in [-0.2, -0.15) is 10.2 Å². The number of aromatic nitrogens is 6. The second kappa shape index (κ2) is 6.01. The van der Waals surface area contributed by atoms with Gasteiger partial charge in [-0.1, -0.05) is 12.1 Å². The summed E-state index contributed by atoms with van der Waals surface area (Å²) in [4.78, 5) is 8.60. The lowest BCUT2D eigenvalue weighted by Crippen LogP contribution is -2.28. The quantitative estimate of drug-likeness (QED) is 0.519. The van der Waals surface area contributed by atoms with Gasteiger partial charge < -0.3 is 10.2 Å². The molecule has 132 valence electrons. The lowest BCUT2D eigenvalue weighted by molar-refractivity contribution is -0.0497. The maximum atomic E-state index is 10.2. The second-order valence-corrected chi connectivity index (χ2v) is 6.68. The van der Waals surface area contributed by atoms with E-state index in [4.69, 9.17) is 0 Å². The largest absolute Gasteiger partial charge is 0.387 e. The highest BCUT2D eigenvalue weighted by atomic mass is 16.3. The van der Waals surface area contributed by atoms with Crippen molar-refractivity contribution in [2.45, 2.75) is 25.6 Å². The lowest BCUT2D eigenvalue weighted by atomic mass is 9.96. The highest BCUT2D eigenvalue weighted by Gasteiger charge is 2.26. The number of rotatable bonds is 4. The number of fused-ring (bicyclic) bond motifs is 1. The Morgan fingerprint density at radius 2 is 2.00 bits per heavy atom. The average molecular weight is 350 g/mol. The Hall–Kier alpha value is -3.10. The van der Waals surface area contributed by atoms with Crippen LogP contribution in [0.15, 0.2) is 49.1 Å². The van der Waals surface area contributed by atoms with Crippen LogP contribution in [0.25, 0.3) is 28.1 Å². The van der Waals surface area contributed by atoms with Gasteiger partial charge in [0.2, 0.25) is 0 Å². The Bertz CT molecular complexity index is 1050. The maximum Gasteiger partial charge on any atom is 0.162 e. The normalized spacial score (nSPS) is 13.2. The zero-order chi connectivity index (χ0) is 18.3. The molecule has 1 aromatic carbocycles. The van der Waals surface area contributed by atoms with Gasteiger partial charge in [0.05, 0.1) is 17.5 Å². The van der Waals surface area contributed by atoms with Gasteiger partial charge >= 0.3 is 0 Å². The van der Waals surface area contributed by atoms with Gasteiger partial charge in [-0.15, -0.1) is 0 Å².